The molecular formula is C17H16IN3O. The molecule has 0 aliphatic rings. The Kier molecular flexibility index (Phi) is 4.26. The maximum absolute atomic E-state index is 13.1. The largest absolute Gasteiger partial charge is 0.321 e. The highest BCUT2D eigenvalue weighted by atomic mass is 127. The van der Waals surface area contributed by atoms with E-state index < -0.39 is 0 Å². The van der Waals surface area contributed by atoms with Crippen LogP contribution in [0.15, 0.2) is 53.3 Å². The molecule has 0 saturated carbocycles. The molecule has 0 amide bonds. The summed E-state index contributed by atoms with van der Waals surface area (Å²) in [5, 5.41) is 0.638. The molecule has 0 aliphatic carbocycles. The van der Waals surface area contributed by atoms with Crippen LogP contribution in [0.1, 0.15) is 25.2 Å². The molecule has 2 aromatic carbocycles. The third-order valence-electron chi connectivity index (χ3n) is 3.66. The molecule has 0 fully saturated rings. The number of hydrogen-bond donors (Lipinski definition) is 1. The van der Waals surface area contributed by atoms with Gasteiger partial charge in [-0.05, 0) is 53.3 Å². The van der Waals surface area contributed by atoms with Crippen LogP contribution in [0.3, 0.4) is 0 Å². The monoisotopic (exact) mass is 405 g/mol. The molecule has 112 valence electrons. The summed E-state index contributed by atoms with van der Waals surface area (Å²) in [5.74, 6) is 0.605. The highest BCUT2D eigenvalue weighted by molar-refractivity contribution is 14.1. The zero-order valence-corrected chi connectivity index (χ0v) is 14.3. The molecule has 0 unspecified atom stereocenters. The van der Waals surface area contributed by atoms with Crippen LogP contribution in [-0.4, -0.2) is 9.55 Å². The van der Waals surface area contributed by atoms with Gasteiger partial charge in [-0.1, -0.05) is 31.2 Å². The number of hydrogen-bond acceptors (Lipinski definition) is 3. The number of benzene rings is 2. The second-order valence-corrected chi connectivity index (χ2v) is 6.26. The van der Waals surface area contributed by atoms with E-state index in [2.05, 4.69) is 27.6 Å². The Morgan fingerprint density at radius 2 is 1.91 bits per heavy atom. The molecule has 1 aromatic heterocycles. The Labute approximate surface area is 142 Å². The Bertz CT molecular complexity index is 874. The van der Waals surface area contributed by atoms with Gasteiger partial charge in [0.15, 0.2) is 0 Å². The molecular weight excluding hydrogens is 389 g/mol. The van der Waals surface area contributed by atoms with Crippen molar-refractivity contribution in [2.75, 3.05) is 0 Å². The summed E-state index contributed by atoms with van der Waals surface area (Å²) in [6, 6.07) is 14.9. The molecule has 0 spiro atoms. The molecule has 2 N–H and O–H groups in total. The van der Waals surface area contributed by atoms with Crippen molar-refractivity contribution >= 4 is 33.5 Å². The highest BCUT2D eigenvalue weighted by Gasteiger charge is 2.18. The molecule has 3 aromatic rings. The van der Waals surface area contributed by atoms with Crippen molar-refractivity contribution in [1.29, 1.82) is 0 Å². The third-order valence-corrected chi connectivity index (χ3v) is 4.56. The number of para-hydroxylation sites is 1. The predicted molar refractivity (Wildman–Crippen MR) is 97.3 cm³/mol. The van der Waals surface area contributed by atoms with Crippen molar-refractivity contribution in [3.63, 3.8) is 0 Å². The van der Waals surface area contributed by atoms with E-state index in [1.165, 1.54) is 0 Å². The zero-order chi connectivity index (χ0) is 15.7. The summed E-state index contributed by atoms with van der Waals surface area (Å²) in [6.07, 6.45) is 0.717. The summed E-state index contributed by atoms with van der Waals surface area (Å²) >= 11 is 2.17. The number of nitrogens with zero attached hydrogens (tertiary/aromatic N) is 2. The van der Waals surface area contributed by atoms with E-state index in [9.17, 15) is 4.79 Å². The zero-order valence-electron chi connectivity index (χ0n) is 12.2. The van der Waals surface area contributed by atoms with E-state index in [0.717, 1.165) is 9.26 Å². The Balaban J connectivity index is 2.44. The Morgan fingerprint density at radius 3 is 2.59 bits per heavy atom. The fourth-order valence-electron chi connectivity index (χ4n) is 2.46. The first-order valence-corrected chi connectivity index (χ1v) is 8.23. The van der Waals surface area contributed by atoms with Crippen molar-refractivity contribution < 1.29 is 0 Å². The summed E-state index contributed by atoms with van der Waals surface area (Å²) < 4.78 is 2.53. The second-order valence-electron chi connectivity index (χ2n) is 5.09. The second kappa shape index (κ2) is 6.18. The standard InChI is InChI=1S/C17H16IN3O/c1-2-13(19)16-20-14-10-6-9-12(18)15(14)17(22)21(16)11-7-4-3-5-8-11/h3-10,13H,2,19H2,1H3/t13-/m0/s1. The van der Waals surface area contributed by atoms with Crippen molar-refractivity contribution in [2.45, 2.75) is 19.4 Å². The van der Waals surface area contributed by atoms with Gasteiger partial charge in [0.05, 0.1) is 22.6 Å². The van der Waals surface area contributed by atoms with Crippen LogP contribution in [0.2, 0.25) is 0 Å². The smallest absolute Gasteiger partial charge is 0.267 e. The molecule has 5 heteroatoms. The van der Waals surface area contributed by atoms with Gasteiger partial charge in [0.25, 0.3) is 5.56 Å². The lowest BCUT2D eigenvalue weighted by atomic mass is 10.1. The van der Waals surface area contributed by atoms with Crippen molar-refractivity contribution in [1.82, 2.24) is 9.55 Å². The SMILES string of the molecule is CC[C@H](N)c1nc2cccc(I)c2c(=O)n1-c1ccccc1. The first-order valence-electron chi connectivity index (χ1n) is 7.15. The van der Waals surface area contributed by atoms with E-state index in [4.69, 9.17) is 5.73 Å². The van der Waals surface area contributed by atoms with Crippen LogP contribution in [-0.2, 0) is 0 Å². The minimum Gasteiger partial charge on any atom is -0.321 e. The van der Waals surface area contributed by atoms with Crippen molar-refractivity contribution in [3.8, 4) is 5.69 Å². The molecule has 3 rings (SSSR count). The quantitative estimate of drug-likeness (QED) is 0.680. The van der Waals surface area contributed by atoms with Gasteiger partial charge in [-0.2, -0.15) is 0 Å². The van der Waals surface area contributed by atoms with Crippen LogP contribution in [0.4, 0.5) is 0 Å². The normalized spacial score (nSPS) is 12.5. The van der Waals surface area contributed by atoms with E-state index in [-0.39, 0.29) is 11.6 Å². The molecule has 0 saturated heterocycles. The molecule has 4 nitrogen and oxygen atoms in total. The van der Waals surface area contributed by atoms with Gasteiger partial charge in [0, 0.05) is 3.57 Å². The summed E-state index contributed by atoms with van der Waals surface area (Å²) in [7, 11) is 0. The number of nitrogens with two attached hydrogens (primary N) is 1. The van der Waals surface area contributed by atoms with Gasteiger partial charge in [0.2, 0.25) is 0 Å². The molecule has 22 heavy (non-hydrogen) atoms. The predicted octanol–water partition coefficient (Wildman–Crippen LogP) is 3.40. The number of rotatable bonds is 3. The number of fused-ring (bicyclic) bond motifs is 1. The van der Waals surface area contributed by atoms with E-state index >= 15 is 0 Å². The first kappa shape index (κ1) is 15.2. The lowest BCUT2D eigenvalue weighted by molar-refractivity contribution is 0.623. The van der Waals surface area contributed by atoms with E-state index in [0.29, 0.717) is 23.1 Å². The van der Waals surface area contributed by atoms with Gasteiger partial charge in [-0.15, -0.1) is 0 Å². The molecule has 0 radical (unpaired) electrons. The van der Waals surface area contributed by atoms with Gasteiger partial charge in [-0.25, -0.2) is 4.98 Å². The van der Waals surface area contributed by atoms with Gasteiger partial charge >= 0.3 is 0 Å². The van der Waals surface area contributed by atoms with Crippen LogP contribution in [0.5, 0.6) is 0 Å². The average Bonchev–Trinajstić information content (AvgIpc) is 2.54. The number of aromatic nitrogens is 2. The first-order chi connectivity index (χ1) is 10.6. The van der Waals surface area contributed by atoms with Crippen molar-refractivity contribution in [2.24, 2.45) is 5.73 Å². The van der Waals surface area contributed by atoms with Crippen LogP contribution < -0.4 is 11.3 Å². The van der Waals surface area contributed by atoms with Crippen LogP contribution in [0.25, 0.3) is 16.6 Å². The van der Waals surface area contributed by atoms with Crippen LogP contribution >= 0.6 is 22.6 Å². The molecule has 0 bridgehead atoms. The van der Waals surface area contributed by atoms with E-state index in [1.807, 2.05) is 55.5 Å². The van der Waals surface area contributed by atoms with Crippen molar-refractivity contribution in [3.05, 3.63) is 68.3 Å². The van der Waals surface area contributed by atoms with Gasteiger partial charge in [-0.3, -0.25) is 9.36 Å². The lowest BCUT2D eigenvalue weighted by Gasteiger charge is -2.17. The van der Waals surface area contributed by atoms with Crippen LogP contribution in [0, 0.1) is 3.57 Å². The maximum Gasteiger partial charge on any atom is 0.267 e. The highest BCUT2D eigenvalue weighted by Crippen LogP contribution is 2.21. The Hall–Kier alpha value is -1.73. The minimum absolute atomic E-state index is 0.0694. The summed E-state index contributed by atoms with van der Waals surface area (Å²) in [6.45, 7) is 1.99. The summed E-state index contributed by atoms with van der Waals surface area (Å²) in [5.41, 5.74) is 7.63. The minimum atomic E-state index is -0.282. The lowest BCUT2D eigenvalue weighted by Crippen LogP contribution is -2.28. The van der Waals surface area contributed by atoms with Gasteiger partial charge < -0.3 is 5.73 Å². The molecule has 1 heterocycles. The van der Waals surface area contributed by atoms with E-state index in [1.54, 1.807) is 4.57 Å². The fraction of sp³-hybridized carbons (Fsp3) is 0.176. The average molecular weight is 405 g/mol. The Morgan fingerprint density at radius 1 is 1.18 bits per heavy atom. The number of halogens is 1. The molecule has 0 aliphatic heterocycles. The van der Waals surface area contributed by atoms with Gasteiger partial charge in [0.1, 0.15) is 5.82 Å². The maximum atomic E-state index is 13.1. The third kappa shape index (κ3) is 2.55. The fourth-order valence-corrected chi connectivity index (χ4v) is 3.18. The summed E-state index contributed by atoms with van der Waals surface area (Å²) in [4.78, 5) is 17.7. The topological polar surface area (TPSA) is 60.9 Å². The molecule has 1 atom stereocenters.